The lowest BCUT2D eigenvalue weighted by Gasteiger charge is -2.34. The molecule has 0 bridgehead atoms. The van der Waals surface area contributed by atoms with Gasteiger partial charge in [-0.3, -0.25) is 0 Å². The van der Waals surface area contributed by atoms with Crippen molar-refractivity contribution in [2.75, 3.05) is 40.0 Å². The molecule has 1 saturated heterocycles. The Labute approximate surface area is 109 Å². The molecule has 1 heterocycles. The maximum Gasteiger partial charge on any atom is 0.168 e. The fraction of sp³-hybridized carbons (Fsp3) is 0.917. The van der Waals surface area contributed by atoms with E-state index in [0.717, 1.165) is 44.2 Å². The summed E-state index contributed by atoms with van der Waals surface area (Å²) in [6.07, 6.45) is 4.25. The quantitative estimate of drug-likeness (QED) is 0.551. The maximum absolute atomic E-state index is 8.96. The smallest absolute Gasteiger partial charge is 0.168 e. The molecule has 0 aromatic rings. The summed E-state index contributed by atoms with van der Waals surface area (Å²) in [6, 6.07) is 0. The van der Waals surface area contributed by atoms with Gasteiger partial charge < -0.3 is 20.1 Å². The van der Waals surface area contributed by atoms with Crippen molar-refractivity contribution in [3.8, 4) is 0 Å². The van der Waals surface area contributed by atoms with Crippen molar-refractivity contribution in [2.24, 2.45) is 5.92 Å². The van der Waals surface area contributed by atoms with Crippen LogP contribution in [0.2, 0.25) is 0 Å². The third-order valence-electron chi connectivity index (χ3n) is 3.15. The lowest BCUT2D eigenvalue weighted by molar-refractivity contribution is 0.191. The number of thiocarbonyl (C=S) groups is 1. The molecule has 1 fully saturated rings. The minimum absolute atomic E-state index is 0.284. The molecular weight excluding hydrogens is 236 g/mol. The maximum atomic E-state index is 8.96. The Morgan fingerprint density at radius 3 is 3.12 bits per heavy atom. The predicted molar refractivity (Wildman–Crippen MR) is 73.1 cm³/mol. The number of hydrogen-bond acceptors (Lipinski definition) is 3. The highest BCUT2D eigenvalue weighted by atomic mass is 32.1. The number of hydrogen-bond donors (Lipinski definition) is 2. The summed E-state index contributed by atoms with van der Waals surface area (Å²) in [7, 11) is 1.71. The van der Waals surface area contributed by atoms with Crippen molar-refractivity contribution >= 4 is 17.3 Å². The number of ether oxygens (including phenoxy) is 1. The van der Waals surface area contributed by atoms with Crippen LogP contribution in [0.15, 0.2) is 0 Å². The van der Waals surface area contributed by atoms with Gasteiger partial charge in [0, 0.05) is 40.0 Å². The summed E-state index contributed by atoms with van der Waals surface area (Å²) >= 11 is 5.37. The van der Waals surface area contributed by atoms with Gasteiger partial charge in [0.05, 0.1) is 0 Å². The van der Waals surface area contributed by atoms with Gasteiger partial charge in [0.2, 0.25) is 0 Å². The lowest BCUT2D eigenvalue weighted by atomic mass is 9.95. The fourth-order valence-corrected chi connectivity index (χ4v) is 2.46. The molecule has 0 amide bonds. The molecule has 1 aliphatic rings. The van der Waals surface area contributed by atoms with Crippen molar-refractivity contribution in [3.63, 3.8) is 0 Å². The second-order valence-corrected chi connectivity index (χ2v) is 4.93. The van der Waals surface area contributed by atoms with Crippen LogP contribution in [0.25, 0.3) is 0 Å². The minimum atomic E-state index is 0.284. The highest BCUT2D eigenvalue weighted by Crippen LogP contribution is 2.19. The zero-order chi connectivity index (χ0) is 12.5. The van der Waals surface area contributed by atoms with Crippen LogP contribution in [0, 0.1) is 5.92 Å². The molecular formula is C12H24N2O2S. The van der Waals surface area contributed by atoms with Crippen molar-refractivity contribution in [2.45, 2.75) is 25.7 Å². The fourth-order valence-electron chi connectivity index (χ4n) is 2.19. The van der Waals surface area contributed by atoms with E-state index < -0.39 is 0 Å². The van der Waals surface area contributed by atoms with E-state index in [2.05, 4.69) is 10.2 Å². The van der Waals surface area contributed by atoms with Crippen molar-refractivity contribution < 1.29 is 9.84 Å². The zero-order valence-corrected chi connectivity index (χ0v) is 11.5. The van der Waals surface area contributed by atoms with Crippen LogP contribution >= 0.6 is 12.2 Å². The summed E-state index contributed by atoms with van der Waals surface area (Å²) in [5.74, 6) is 0.590. The van der Waals surface area contributed by atoms with E-state index in [0.29, 0.717) is 5.92 Å². The van der Waals surface area contributed by atoms with Gasteiger partial charge in [0.15, 0.2) is 5.11 Å². The molecule has 0 aromatic heterocycles. The molecule has 1 unspecified atom stereocenters. The first-order chi connectivity index (χ1) is 8.27. The van der Waals surface area contributed by atoms with Crippen LogP contribution in [0.3, 0.4) is 0 Å². The summed E-state index contributed by atoms with van der Waals surface area (Å²) in [5, 5.41) is 13.1. The van der Waals surface area contributed by atoms with Gasteiger partial charge in [0.1, 0.15) is 0 Å². The average Bonchev–Trinajstić information content (AvgIpc) is 2.35. The summed E-state index contributed by atoms with van der Waals surface area (Å²) in [5.41, 5.74) is 0. The number of rotatable bonds is 6. The normalized spacial score (nSPS) is 20.4. The van der Waals surface area contributed by atoms with Gasteiger partial charge in [-0.1, -0.05) is 0 Å². The monoisotopic (exact) mass is 260 g/mol. The van der Waals surface area contributed by atoms with Crippen molar-refractivity contribution in [1.29, 1.82) is 0 Å². The van der Waals surface area contributed by atoms with Crippen LogP contribution in [0.1, 0.15) is 25.7 Å². The number of likely N-dealkylation sites (tertiary alicyclic amines) is 1. The third kappa shape index (κ3) is 5.66. The Hall–Kier alpha value is -0.390. The Balaban J connectivity index is 2.21. The predicted octanol–water partition coefficient (Wildman–Crippen LogP) is 0.992. The van der Waals surface area contributed by atoms with Crippen LogP contribution in [-0.4, -0.2) is 55.1 Å². The number of methoxy groups -OCH3 is 1. The van der Waals surface area contributed by atoms with Gasteiger partial charge in [-0.05, 0) is 43.8 Å². The largest absolute Gasteiger partial charge is 0.396 e. The summed E-state index contributed by atoms with van der Waals surface area (Å²) < 4.78 is 4.99. The van der Waals surface area contributed by atoms with Crippen LogP contribution < -0.4 is 5.32 Å². The van der Waals surface area contributed by atoms with E-state index in [1.807, 2.05) is 0 Å². The molecule has 17 heavy (non-hydrogen) atoms. The molecule has 1 atom stereocenters. The zero-order valence-electron chi connectivity index (χ0n) is 10.7. The van der Waals surface area contributed by atoms with E-state index >= 15 is 0 Å². The molecule has 2 N–H and O–H groups in total. The number of aliphatic hydroxyl groups excluding tert-OH is 1. The Kier molecular flexibility index (Phi) is 7.48. The Bertz CT molecular complexity index is 225. The number of nitrogens with zero attached hydrogens (tertiary/aromatic N) is 1. The topological polar surface area (TPSA) is 44.7 Å². The minimum Gasteiger partial charge on any atom is -0.396 e. The first-order valence-electron chi connectivity index (χ1n) is 6.40. The molecule has 0 aliphatic carbocycles. The van der Waals surface area contributed by atoms with E-state index in [1.54, 1.807) is 7.11 Å². The molecule has 5 heteroatoms. The van der Waals surface area contributed by atoms with Crippen LogP contribution in [-0.2, 0) is 4.74 Å². The van der Waals surface area contributed by atoms with Gasteiger partial charge in [-0.25, -0.2) is 0 Å². The highest BCUT2D eigenvalue weighted by molar-refractivity contribution is 7.80. The van der Waals surface area contributed by atoms with Gasteiger partial charge >= 0.3 is 0 Å². The molecule has 1 rings (SSSR count). The first-order valence-corrected chi connectivity index (χ1v) is 6.81. The molecule has 100 valence electrons. The van der Waals surface area contributed by atoms with E-state index in [1.165, 1.54) is 12.8 Å². The van der Waals surface area contributed by atoms with E-state index in [9.17, 15) is 0 Å². The molecule has 0 radical (unpaired) electrons. The second kappa shape index (κ2) is 8.66. The van der Waals surface area contributed by atoms with Crippen LogP contribution in [0.4, 0.5) is 0 Å². The van der Waals surface area contributed by atoms with Gasteiger partial charge in [-0.2, -0.15) is 0 Å². The molecule has 4 nitrogen and oxygen atoms in total. The van der Waals surface area contributed by atoms with E-state index in [-0.39, 0.29) is 6.61 Å². The Morgan fingerprint density at radius 1 is 1.59 bits per heavy atom. The SMILES string of the molecule is COCCCNC(=S)N1CCCC(CCO)C1. The van der Waals surface area contributed by atoms with Crippen molar-refractivity contribution in [3.05, 3.63) is 0 Å². The lowest BCUT2D eigenvalue weighted by Crippen LogP contribution is -2.45. The Morgan fingerprint density at radius 2 is 2.41 bits per heavy atom. The van der Waals surface area contributed by atoms with Crippen LogP contribution in [0.5, 0.6) is 0 Å². The second-order valence-electron chi connectivity index (χ2n) is 4.54. The molecule has 1 aliphatic heterocycles. The van der Waals surface area contributed by atoms with Crippen molar-refractivity contribution in [1.82, 2.24) is 10.2 Å². The number of aliphatic hydroxyl groups is 1. The van der Waals surface area contributed by atoms with Gasteiger partial charge in [-0.15, -0.1) is 0 Å². The molecule has 0 aromatic carbocycles. The van der Waals surface area contributed by atoms with E-state index in [4.69, 9.17) is 22.1 Å². The third-order valence-corrected chi connectivity index (χ3v) is 3.55. The standard InChI is InChI=1S/C12H24N2O2S/c1-16-9-3-6-13-12(17)14-7-2-4-11(10-14)5-8-15/h11,15H,2-10H2,1H3,(H,13,17). The highest BCUT2D eigenvalue weighted by Gasteiger charge is 2.20. The number of piperidine rings is 1. The summed E-state index contributed by atoms with van der Waals surface area (Å²) in [4.78, 5) is 2.23. The first kappa shape index (κ1) is 14.7. The molecule has 0 spiro atoms. The molecule has 0 saturated carbocycles. The average molecular weight is 260 g/mol. The summed E-state index contributed by atoms with van der Waals surface area (Å²) in [6.45, 7) is 3.94. The van der Waals surface area contributed by atoms with Gasteiger partial charge in [0.25, 0.3) is 0 Å². The number of nitrogens with one attached hydrogen (secondary N) is 1.